The number of rotatable bonds is 5. The molecule has 0 aromatic carbocycles. The molecular formula is C12H16FN5. The molecule has 0 unspecified atom stereocenters. The van der Waals surface area contributed by atoms with Gasteiger partial charge in [0.05, 0.1) is 0 Å². The van der Waals surface area contributed by atoms with Crippen molar-refractivity contribution >= 4 is 0 Å². The molecule has 0 saturated carbocycles. The van der Waals surface area contributed by atoms with Gasteiger partial charge in [-0.25, -0.2) is 14.4 Å². The average molecular weight is 249 g/mol. The lowest BCUT2D eigenvalue weighted by atomic mass is 10.2. The van der Waals surface area contributed by atoms with Crippen LogP contribution in [0.15, 0.2) is 24.9 Å². The van der Waals surface area contributed by atoms with Crippen LogP contribution in [0.1, 0.15) is 19.4 Å². The Morgan fingerprint density at radius 1 is 1.44 bits per heavy atom. The smallest absolute Gasteiger partial charge is 0.191 e. The molecule has 0 aliphatic carbocycles. The highest BCUT2D eigenvalue weighted by atomic mass is 19.1. The Hall–Kier alpha value is -1.82. The minimum absolute atomic E-state index is 0.177. The summed E-state index contributed by atoms with van der Waals surface area (Å²) >= 11 is 0. The van der Waals surface area contributed by atoms with Crippen LogP contribution >= 0.6 is 0 Å². The molecule has 0 saturated heterocycles. The molecular weight excluding hydrogens is 233 g/mol. The van der Waals surface area contributed by atoms with Crippen molar-refractivity contribution in [2.45, 2.75) is 20.4 Å². The van der Waals surface area contributed by atoms with Gasteiger partial charge in [-0.1, -0.05) is 13.8 Å². The van der Waals surface area contributed by atoms with Crippen LogP contribution in [0, 0.1) is 11.7 Å². The normalized spacial score (nSPS) is 11.1. The van der Waals surface area contributed by atoms with Gasteiger partial charge in [0.25, 0.3) is 0 Å². The van der Waals surface area contributed by atoms with Crippen molar-refractivity contribution in [2.75, 3.05) is 6.54 Å². The third-order valence-electron chi connectivity index (χ3n) is 2.45. The van der Waals surface area contributed by atoms with E-state index in [-0.39, 0.29) is 11.6 Å². The Balaban J connectivity index is 2.15. The largest absolute Gasteiger partial charge is 0.312 e. The van der Waals surface area contributed by atoms with Gasteiger partial charge in [-0.15, -0.1) is 0 Å². The quantitative estimate of drug-likeness (QED) is 0.873. The van der Waals surface area contributed by atoms with Gasteiger partial charge in [-0.3, -0.25) is 0 Å². The van der Waals surface area contributed by atoms with Crippen LogP contribution in [0.3, 0.4) is 0 Å². The van der Waals surface area contributed by atoms with Crippen molar-refractivity contribution in [3.8, 4) is 5.82 Å². The van der Waals surface area contributed by atoms with E-state index in [1.165, 1.54) is 17.3 Å². The fraction of sp³-hybridized carbons (Fsp3) is 0.417. The molecule has 0 radical (unpaired) electrons. The fourth-order valence-corrected chi connectivity index (χ4v) is 1.58. The number of pyridine rings is 1. The highest BCUT2D eigenvalue weighted by Gasteiger charge is 2.11. The molecule has 2 aromatic rings. The van der Waals surface area contributed by atoms with Gasteiger partial charge in [-0.2, -0.15) is 9.78 Å². The van der Waals surface area contributed by atoms with Crippen LogP contribution < -0.4 is 5.32 Å². The van der Waals surface area contributed by atoms with Gasteiger partial charge in [0.15, 0.2) is 11.6 Å². The average Bonchev–Trinajstić information content (AvgIpc) is 2.84. The van der Waals surface area contributed by atoms with Crippen LogP contribution in [0.5, 0.6) is 0 Å². The molecule has 0 bridgehead atoms. The number of aromatic nitrogens is 4. The molecule has 0 amide bonds. The number of hydrogen-bond acceptors (Lipinski definition) is 4. The zero-order valence-electron chi connectivity index (χ0n) is 10.5. The van der Waals surface area contributed by atoms with Crippen molar-refractivity contribution in [3.63, 3.8) is 0 Å². The Morgan fingerprint density at radius 3 is 2.94 bits per heavy atom. The molecule has 0 fully saturated rings. The van der Waals surface area contributed by atoms with Crippen LogP contribution in [0.4, 0.5) is 4.39 Å². The first-order valence-corrected chi connectivity index (χ1v) is 5.87. The van der Waals surface area contributed by atoms with E-state index in [0.29, 0.717) is 18.0 Å². The maximum atomic E-state index is 14.2. The Kier molecular flexibility index (Phi) is 3.99. The second kappa shape index (κ2) is 5.68. The van der Waals surface area contributed by atoms with E-state index >= 15 is 0 Å². The second-order valence-corrected chi connectivity index (χ2v) is 4.47. The predicted molar refractivity (Wildman–Crippen MR) is 65.7 cm³/mol. The SMILES string of the molecule is CC(C)CNCc1ccnc(-n2cncn2)c1F. The third-order valence-corrected chi connectivity index (χ3v) is 2.45. The lowest BCUT2D eigenvalue weighted by Crippen LogP contribution is -2.20. The van der Waals surface area contributed by atoms with Gasteiger partial charge < -0.3 is 5.32 Å². The summed E-state index contributed by atoms with van der Waals surface area (Å²) in [5.41, 5.74) is 0.580. The number of hydrogen-bond donors (Lipinski definition) is 1. The van der Waals surface area contributed by atoms with E-state index in [0.717, 1.165) is 6.54 Å². The Morgan fingerprint density at radius 2 is 2.28 bits per heavy atom. The van der Waals surface area contributed by atoms with Crippen molar-refractivity contribution in [2.24, 2.45) is 5.92 Å². The van der Waals surface area contributed by atoms with Gasteiger partial charge in [-0.05, 0) is 18.5 Å². The van der Waals surface area contributed by atoms with E-state index in [9.17, 15) is 4.39 Å². The Bertz CT molecular complexity index is 495. The summed E-state index contributed by atoms with van der Waals surface area (Å²) in [7, 11) is 0. The molecule has 2 aromatic heterocycles. The summed E-state index contributed by atoms with van der Waals surface area (Å²) in [5.74, 6) is 0.347. The highest BCUT2D eigenvalue weighted by molar-refractivity contribution is 5.29. The topological polar surface area (TPSA) is 55.6 Å². The second-order valence-electron chi connectivity index (χ2n) is 4.47. The van der Waals surface area contributed by atoms with Crippen LogP contribution in [-0.2, 0) is 6.54 Å². The van der Waals surface area contributed by atoms with Gasteiger partial charge in [0.2, 0.25) is 0 Å². The number of nitrogens with one attached hydrogen (secondary N) is 1. The van der Waals surface area contributed by atoms with Crippen molar-refractivity contribution in [1.29, 1.82) is 0 Å². The van der Waals surface area contributed by atoms with Gasteiger partial charge in [0.1, 0.15) is 12.7 Å². The summed E-state index contributed by atoms with van der Waals surface area (Å²) in [6.45, 7) is 5.54. The fourth-order valence-electron chi connectivity index (χ4n) is 1.58. The molecule has 6 heteroatoms. The molecule has 0 aliphatic rings. The van der Waals surface area contributed by atoms with Crippen LogP contribution in [0.25, 0.3) is 5.82 Å². The summed E-state index contributed by atoms with van der Waals surface area (Å²) in [5, 5.41) is 7.08. The van der Waals surface area contributed by atoms with E-state index in [2.05, 4.69) is 34.2 Å². The first-order chi connectivity index (χ1) is 8.68. The van der Waals surface area contributed by atoms with E-state index in [1.807, 2.05) is 0 Å². The lowest BCUT2D eigenvalue weighted by Gasteiger charge is -2.09. The van der Waals surface area contributed by atoms with E-state index in [1.54, 1.807) is 12.3 Å². The third kappa shape index (κ3) is 2.89. The molecule has 2 heterocycles. The van der Waals surface area contributed by atoms with Crippen molar-refractivity contribution in [3.05, 3.63) is 36.3 Å². The molecule has 5 nitrogen and oxygen atoms in total. The lowest BCUT2D eigenvalue weighted by molar-refractivity contribution is 0.529. The van der Waals surface area contributed by atoms with Gasteiger partial charge >= 0.3 is 0 Å². The predicted octanol–water partition coefficient (Wildman–Crippen LogP) is 1.55. The molecule has 96 valence electrons. The maximum Gasteiger partial charge on any atom is 0.191 e. The van der Waals surface area contributed by atoms with Crippen molar-refractivity contribution < 1.29 is 4.39 Å². The molecule has 0 spiro atoms. The zero-order valence-corrected chi connectivity index (χ0v) is 10.5. The number of nitrogens with zero attached hydrogens (tertiary/aromatic N) is 4. The summed E-state index contributed by atoms with van der Waals surface area (Å²) in [6, 6.07) is 1.67. The summed E-state index contributed by atoms with van der Waals surface area (Å²) < 4.78 is 15.5. The van der Waals surface area contributed by atoms with Gasteiger partial charge in [0, 0.05) is 18.3 Å². The van der Waals surface area contributed by atoms with Crippen molar-refractivity contribution in [1.82, 2.24) is 25.1 Å². The molecule has 2 rings (SSSR count). The van der Waals surface area contributed by atoms with Crippen LogP contribution in [0.2, 0.25) is 0 Å². The molecule has 0 aliphatic heterocycles. The molecule has 1 N–H and O–H groups in total. The first-order valence-electron chi connectivity index (χ1n) is 5.87. The maximum absolute atomic E-state index is 14.2. The van der Waals surface area contributed by atoms with E-state index in [4.69, 9.17) is 0 Å². The van der Waals surface area contributed by atoms with Crippen LogP contribution in [-0.4, -0.2) is 26.3 Å². The first kappa shape index (κ1) is 12.6. The minimum atomic E-state index is -0.362. The zero-order chi connectivity index (χ0) is 13.0. The molecule has 18 heavy (non-hydrogen) atoms. The highest BCUT2D eigenvalue weighted by Crippen LogP contribution is 2.13. The summed E-state index contributed by atoms with van der Waals surface area (Å²) in [4.78, 5) is 7.77. The Labute approximate surface area is 105 Å². The minimum Gasteiger partial charge on any atom is -0.312 e. The standard InChI is InChI=1S/C12H16FN5/c1-9(2)5-14-6-10-3-4-16-12(11(10)13)18-8-15-7-17-18/h3-4,7-9,14H,5-6H2,1-2H3. The molecule has 0 atom stereocenters. The monoisotopic (exact) mass is 249 g/mol. The number of halogens is 1. The summed E-state index contributed by atoms with van der Waals surface area (Å²) in [6.07, 6.45) is 4.36. The van der Waals surface area contributed by atoms with E-state index < -0.39 is 0 Å².